The summed E-state index contributed by atoms with van der Waals surface area (Å²) in [6, 6.07) is 52.4. The maximum Gasteiger partial charge on any atom is 0.124 e. The fraction of sp³-hybridized carbons (Fsp3) is 0.102. The minimum Gasteiger partial charge on any atom is -0.507 e. The van der Waals surface area contributed by atoms with Crippen molar-refractivity contribution in [1.29, 1.82) is 0 Å². The van der Waals surface area contributed by atoms with Crippen LogP contribution in [0.5, 0.6) is 5.75 Å². The van der Waals surface area contributed by atoms with E-state index in [1.807, 2.05) is 24.4 Å². The Kier molecular flexibility index (Phi) is 8.01. The van der Waals surface area contributed by atoms with Gasteiger partial charge in [-0.2, -0.15) is 0 Å². The van der Waals surface area contributed by atoms with E-state index in [9.17, 15) is 5.11 Å². The highest BCUT2D eigenvalue weighted by Gasteiger charge is 2.21. The van der Waals surface area contributed by atoms with Gasteiger partial charge >= 0.3 is 0 Å². The van der Waals surface area contributed by atoms with Crippen LogP contribution in [0.15, 0.2) is 164 Å². The van der Waals surface area contributed by atoms with Crippen molar-refractivity contribution >= 4 is 21.9 Å². The number of hydrogen-bond acceptors (Lipinski definition) is 3. The zero-order chi connectivity index (χ0) is 37.0. The van der Waals surface area contributed by atoms with Crippen molar-refractivity contribution in [2.45, 2.75) is 26.2 Å². The number of aromatic hydroxyl groups is 1. The third-order valence-electron chi connectivity index (χ3n) is 10.4. The fourth-order valence-electron chi connectivity index (χ4n) is 7.71. The number of hydrogen-bond donors (Lipinski definition) is 1. The SMILES string of the molecule is Cn1ccc2c1c1cccc(-c3ccccc3-c3cc(-c4cccc(-c5cc(C(C)(C)C)ccn5)c4)nc(-c4ccccc4O)c3)c1n2-c1ccccc1. The van der Waals surface area contributed by atoms with Crippen LogP contribution < -0.4 is 0 Å². The van der Waals surface area contributed by atoms with Crippen LogP contribution in [-0.4, -0.2) is 24.2 Å². The number of phenolic OH excluding ortho intramolecular Hbond substituents is 1. The van der Waals surface area contributed by atoms with E-state index in [-0.39, 0.29) is 11.2 Å². The lowest BCUT2D eigenvalue weighted by Crippen LogP contribution is -2.11. The van der Waals surface area contributed by atoms with E-state index in [4.69, 9.17) is 9.97 Å². The number of benzene rings is 5. The average Bonchev–Trinajstić information content (AvgIpc) is 3.75. The van der Waals surface area contributed by atoms with Crippen molar-refractivity contribution in [2.24, 2.45) is 7.05 Å². The van der Waals surface area contributed by atoms with Crippen molar-refractivity contribution in [3.63, 3.8) is 0 Å². The van der Waals surface area contributed by atoms with Gasteiger partial charge in [0.25, 0.3) is 0 Å². The Labute approximate surface area is 315 Å². The fourth-order valence-corrected chi connectivity index (χ4v) is 7.71. The lowest BCUT2D eigenvalue weighted by molar-refractivity contribution is 0.477. The van der Waals surface area contributed by atoms with Crippen LogP contribution in [0.25, 0.3) is 83.6 Å². The Bertz CT molecular complexity index is 2840. The van der Waals surface area contributed by atoms with Gasteiger partial charge in [-0.05, 0) is 88.3 Å². The van der Waals surface area contributed by atoms with Gasteiger partial charge in [-0.1, -0.05) is 112 Å². The number of nitrogens with zero attached hydrogens (tertiary/aromatic N) is 4. The molecule has 0 aliphatic rings. The Balaban J connectivity index is 1.27. The maximum absolute atomic E-state index is 11.1. The van der Waals surface area contributed by atoms with Gasteiger partial charge in [0.05, 0.1) is 33.6 Å². The van der Waals surface area contributed by atoms with E-state index in [0.29, 0.717) is 11.3 Å². The number of pyridine rings is 2. The van der Waals surface area contributed by atoms with Gasteiger partial charge in [-0.15, -0.1) is 0 Å². The molecule has 0 fully saturated rings. The molecule has 9 rings (SSSR count). The molecule has 5 heteroatoms. The first-order valence-corrected chi connectivity index (χ1v) is 18.4. The number of rotatable bonds is 6. The molecule has 0 aliphatic carbocycles. The minimum absolute atomic E-state index is 0.00491. The van der Waals surface area contributed by atoms with Gasteiger partial charge in [-0.25, -0.2) is 4.98 Å². The maximum atomic E-state index is 11.1. The van der Waals surface area contributed by atoms with Gasteiger partial charge in [-0.3, -0.25) is 4.98 Å². The first kappa shape index (κ1) is 33.1. The molecule has 0 atom stereocenters. The second-order valence-corrected chi connectivity index (χ2v) is 15.0. The predicted molar refractivity (Wildman–Crippen MR) is 223 cm³/mol. The molecule has 262 valence electrons. The van der Waals surface area contributed by atoms with Gasteiger partial charge < -0.3 is 14.2 Å². The Morgan fingerprint density at radius 2 is 1.20 bits per heavy atom. The molecule has 4 aromatic heterocycles. The number of para-hydroxylation sites is 3. The van der Waals surface area contributed by atoms with Crippen molar-refractivity contribution in [3.8, 4) is 67.5 Å². The predicted octanol–water partition coefficient (Wildman–Crippen LogP) is 12.3. The second-order valence-electron chi connectivity index (χ2n) is 15.0. The van der Waals surface area contributed by atoms with Crippen molar-refractivity contribution in [1.82, 2.24) is 19.1 Å². The summed E-state index contributed by atoms with van der Waals surface area (Å²) in [5.74, 6) is 0.190. The van der Waals surface area contributed by atoms with Crippen LogP contribution in [0.3, 0.4) is 0 Å². The smallest absolute Gasteiger partial charge is 0.124 e. The Morgan fingerprint density at radius 1 is 0.537 bits per heavy atom. The van der Waals surface area contributed by atoms with Crippen LogP contribution in [0.4, 0.5) is 0 Å². The average molecular weight is 701 g/mol. The molecule has 9 aromatic rings. The molecule has 5 nitrogen and oxygen atoms in total. The standard InChI is InChI=1S/C49H40N4O/c1-49(2,3)35-24-26-50-42(31-35)32-14-12-15-33(28-32)43-29-34(30-44(51-43)40-20-10-11-23-46(40)54)37-18-8-9-19-38(37)39-21-13-22-41-47(39)53(36-16-6-5-7-17-36)45-25-27-52(4)48(41)45/h5-31,54H,1-4H3. The molecular weight excluding hydrogens is 661 g/mol. The molecule has 4 heterocycles. The summed E-state index contributed by atoms with van der Waals surface area (Å²) in [5.41, 5.74) is 15.3. The normalized spacial score (nSPS) is 11.8. The van der Waals surface area contributed by atoms with Crippen LogP contribution in [0, 0.1) is 0 Å². The van der Waals surface area contributed by atoms with Gasteiger partial charge in [0, 0.05) is 52.8 Å². The van der Waals surface area contributed by atoms with Crippen molar-refractivity contribution in [2.75, 3.05) is 0 Å². The topological polar surface area (TPSA) is 55.9 Å². The summed E-state index contributed by atoms with van der Waals surface area (Å²) in [6.45, 7) is 6.66. The molecule has 0 saturated heterocycles. The molecule has 0 aliphatic heterocycles. The third kappa shape index (κ3) is 5.75. The molecule has 0 spiro atoms. The van der Waals surface area contributed by atoms with E-state index in [0.717, 1.165) is 56.0 Å². The molecule has 0 saturated carbocycles. The quantitative estimate of drug-likeness (QED) is 0.188. The summed E-state index contributed by atoms with van der Waals surface area (Å²) in [6.07, 6.45) is 4.03. The first-order chi connectivity index (χ1) is 26.2. The van der Waals surface area contributed by atoms with Gasteiger partial charge in [0.1, 0.15) is 5.75 Å². The molecule has 0 unspecified atom stereocenters. The summed E-state index contributed by atoms with van der Waals surface area (Å²) in [5, 5.41) is 12.3. The summed E-state index contributed by atoms with van der Waals surface area (Å²) in [7, 11) is 2.11. The molecule has 0 amide bonds. The van der Waals surface area contributed by atoms with Crippen LogP contribution >= 0.6 is 0 Å². The number of fused-ring (bicyclic) bond motifs is 3. The molecular formula is C49H40N4O. The zero-order valence-corrected chi connectivity index (χ0v) is 30.8. The van der Waals surface area contributed by atoms with Crippen LogP contribution in [0.1, 0.15) is 26.3 Å². The lowest BCUT2D eigenvalue weighted by Gasteiger charge is -2.19. The molecule has 0 bridgehead atoms. The second kappa shape index (κ2) is 13.0. The number of phenols is 1. The highest BCUT2D eigenvalue weighted by atomic mass is 16.3. The Morgan fingerprint density at radius 3 is 1.98 bits per heavy atom. The van der Waals surface area contributed by atoms with E-state index in [2.05, 4.69) is 171 Å². The van der Waals surface area contributed by atoms with Crippen LogP contribution in [0.2, 0.25) is 0 Å². The number of aryl methyl sites for hydroxylation is 1. The van der Waals surface area contributed by atoms with E-state index in [1.165, 1.54) is 22.0 Å². The van der Waals surface area contributed by atoms with E-state index >= 15 is 0 Å². The highest BCUT2D eigenvalue weighted by Crippen LogP contribution is 2.43. The zero-order valence-electron chi connectivity index (χ0n) is 30.8. The minimum atomic E-state index is 0.00491. The van der Waals surface area contributed by atoms with Crippen LogP contribution in [-0.2, 0) is 12.5 Å². The first-order valence-electron chi connectivity index (χ1n) is 18.4. The molecule has 0 radical (unpaired) electrons. The highest BCUT2D eigenvalue weighted by molar-refractivity contribution is 6.13. The third-order valence-corrected chi connectivity index (χ3v) is 10.4. The van der Waals surface area contributed by atoms with Gasteiger partial charge in [0.15, 0.2) is 0 Å². The van der Waals surface area contributed by atoms with E-state index in [1.54, 1.807) is 6.07 Å². The molecule has 54 heavy (non-hydrogen) atoms. The largest absolute Gasteiger partial charge is 0.507 e. The summed E-state index contributed by atoms with van der Waals surface area (Å²) < 4.78 is 4.60. The summed E-state index contributed by atoms with van der Waals surface area (Å²) >= 11 is 0. The van der Waals surface area contributed by atoms with Crippen molar-refractivity contribution in [3.05, 3.63) is 170 Å². The van der Waals surface area contributed by atoms with Gasteiger partial charge in [0.2, 0.25) is 0 Å². The molecule has 5 aromatic carbocycles. The monoisotopic (exact) mass is 700 g/mol. The lowest BCUT2D eigenvalue weighted by atomic mass is 9.87. The van der Waals surface area contributed by atoms with E-state index < -0.39 is 0 Å². The summed E-state index contributed by atoms with van der Waals surface area (Å²) in [4.78, 5) is 9.96. The molecule has 1 N–H and O–H groups in total. The van der Waals surface area contributed by atoms with Crippen molar-refractivity contribution < 1.29 is 5.11 Å². The number of aromatic nitrogens is 4. The Hall–Kier alpha value is -6.72.